The van der Waals surface area contributed by atoms with Crippen molar-refractivity contribution in [2.45, 2.75) is 6.92 Å². The summed E-state index contributed by atoms with van der Waals surface area (Å²) in [7, 11) is 0. The number of rotatable bonds is 4. The molecule has 1 aliphatic heterocycles. The van der Waals surface area contributed by atoms with Gasteiger partial charge >= 0.3 is 0 Å². The van der Waals surface area contributed by atoms with Crippen molar-refractivity contribution >= 4 is 17.2 Å². The van der Waals surface area contributed by atoms with E-state index in [0.717, 1.165) is 5.69 Å². The Hall–Kier alpha value is -3.14. The minimum atomic E-state index is 0.216. The van der Waals surface area contributed by atoms with Crippen molar-refractivity contribution in [2.75, 3.05) is 24.5 Å². The van der Waals surface area contributed by atoms with Crippen molar-refractivity contribution in [3.8, 4) is 23.4 Å². The molecule has 0 spiro atoms. The molecule has 3 rings (SSSR count). The second kappa shape index (κ2) is 5.69. The van der Waals surface area contributed by atoms with Gasteiger partial charge in [0, 0.05) is 17.8 Å². The van der Waals surface area contributed by atoms with E-state index >= 15 is 0 Å². The molecule has 0 saturated heterocycles. The quantitative estimate of drug-likeness (QED) is 0.893. The van der Waals surface area contributed by atoms with E-state index in [-0.39, 0.29) is 18.2 Å². The summed E-state index contributed by atoms with van der Waals surface area (Å²) in [5, 5.41) is 12.2. The number of nitrogen functional groups attached to an aromatic ring is 1. The molecule has 0 aliphatic carbocycles. The van der Waals surface area contributed by atoms with Gasteiger partial charge in [-0.1, -0.05) is 0 Å². The van der Waals surface area contributed by atoms with Crippen LogP contribution in [0.2, 0.25) is 0 Å². The summed E-state index contributed by atoms with van der Waals surface area (Å²) in [6.07, 6.45) is 0. The molecular formula is C15H14N4O3. The van der Waals surface area contributed by atoms with E-state index in [2.05, 4.69) is 10.3 Å². The smallest absolute Gasteiger partial charge is 0.235 e. The molecule has 7 nitrogen and oxygen atoms in total. The first-order valence-electron chi connectivity index (χ1n) is 6.71. The van der Waals surface area contributed by atoms with Crippen molar-refractivity contribution in [1.29, 1.82) is 5.26 Å². The first-order chi connectivity index (χ1) is 10.7. The van der Waals surface area contributed by atoms with Crippen molar-refractivity contribution in [3.05, 3.63) is 29.8 Å². The SMILES string of the molecule is CCOc1nc(Nc2ccc3c(c2)OCO3)cc(N)c1C#N. The highest BCUT2D eigenvalue weighted by Gasteiger charge is 2.15. The molecule has 0 unspecified atom stereocenters. The number of hydrogen-bond donors (Lipinski definition) is 2. The second-order valence-corrected chi connectivity index (χ2v) is 4.51. The van der Waals surface area contributed by atoms with Crippen LogP contribution in [0.4, 0.5) is 17.2 Å². The topological polar surface area (TPSA) is 102 Å². The molecule has 2 aromatic rings. The van der Waals surface area contributed by atoms with Gasteiger partial charge in [0.15, 0.2) is 11.5 Å². The predicted molar refractivity (Wildman–Crippen MR) is 80.4 cm³/mol. The zero-order valence-electron chi connectivity index (χ0n) is 11.9. The number of fused-ring (bicyclic) bond motifs is 1. The lowest BCUT2D eigenvalue weighted by molar-refractivity contribution is 0.174. The van der Waals surface area contributed by atoms with Crippen LogP contribution in [0.15, 0.2) is 24.3 Å². The van der Waals surface area contributed by atoms with Gasteiger partial charge in [-0.05, 0) is 19.1 Å². The number of nitriles is 1. The largest absolute Gasteiger partial charge is 0.477 e. The van der Waals surface area contributed by atoms with Gasteiger partial charge in [0.25, 0.3) is 0 Å². The van der Waals surface area contributed by atoms with Crippen LogP contribution in [0.25, 0.3) is 0 Å². The Morgan fingerprint density at radius 1 is 1.36 bits per heavy atom. The van der Waals surface area contributed by atoms with E-state index < -0.39 is 0 Å². The molecule has 1 aromatic carbocycles. The van der Waals surface area contributed by atoms with Gasteiger partial charge in [-0.15, -0.1) is 0 Å². The number of hydrogen-bond acceptors (Lipinski definition) is 7. The lowest BCUT2D eigenvalue weighted by Gasteiger charge is -2.11. The second-order valence-electron chi connectivity index (χ2n) is 4.51. The predicted octanol–water partition coefficient (Wildman–Crippen LogP) is 2.41. The molecule has 0 bridgehead atoms. The number of anilines is 3. The number of nitrogens with one attached hydrogen (secondary N) is 1. The summed E-state index contributed by atoms with van der Waals surface area (Å²) in [6.45, 7) is 2.43. The third-order valence-corrected chi connectivity index (χ3v) is 3.05. The van der Waals surface area contributed by atoms with Crippen LogP contribution >= 0.6 is 0 Å². The van der Waals surface area contributed by atoms with Crippen molar-refractivity contribution < 1.29 is 14.2 Å². The highest BCUT2D eigenvalue weighted by atomic mass is 16.7. The van der Waals surface area contributed by atoms with Crippen LogP contribution in [0.5, 0.6) is 17.4 Å². The fraction of sp³-hybridized carbons (Fsp3) is 0.200. The lowest BCUT2D eigenvalue weighted by Crippen LogP contribution is -2.04. The maximum Gasteiger partial charge on any atom is 0.235 e. The van der Waals surface area contributed by atoms with Gasteiger partial charge in [0.05, 0.1) is 12.3 Å². The summed E-state index contributed by atoms with van der Waals surface area (Å²) in [6, 6.07) is 9.03. The zero-order valence-corrected chi connectivity index (χ0v) is 11.9. The van der Waals surface area contributed by atoms with E-state index in [0.29, 0.717) is 29.6 Å². The number of ether oxygens (including phenoxy) is 3. The molecule has 2 heterocycles. The van der Waals surface area contributed by atoms with E-state index in [1.54, 1.807) is 18.2 Å². The molecule has 7 heteroatoms. The Bertz CT molecular complexity index is 755. The normalized spacial score (nSPS) is 11.8. The molecule has 0 amide bonds. The van der Waals surface area contributed by atoms with Gasteiger partial charge in [0.2, 0.25) is 12.7 Å². The fourth-order valence-electron chi connectivity index (χ4n) is 2.08. The Kier molecular flexibility index (Phi) is 3.58. The van der Waals surface area contributed by atoms with Gasteiger partial charge in [-0.2, -0.15) is 10.2 Å². The first kappa shape index (κ1) is 13.8. The number of aromatic nitrogens is 1. The Morgan fingerprint density at radius 2 is 2.18 bits per heavy atom. The molecule has 0 atom stereocenters. The van der Waals surface area contributed by atoms with Gasteiger partial charge < -0.3 is 25.3 Å². The van der Waals surface area contributed by atoms with Crippen molar-refractivity contribution in [1.82, 2.24) is 4.98 Å². The van der Waals surface area contributed by atoms with Gasteiger partial charge in [-0.3, -0.25) is 0 Å². The summed E-state index contributed by atoms with van der Waals surface area (Å²) in [4.78, 5) is 4.28. The van der Waals surface area contributed by atoms with Crippen LogP contribution < -0.4 is 25.3 Å². The number of nitrogens with zero attached hydrogens (tertiary/aromatic N) is 2. The molecule has 1 aliphatic rings. The fourth-order valence-corrected chi connectivity index (χ4v) is 2.08. The molecule has 112 valence electrons. The molecule has 0 saturated carbocycles. The molecule has 3 N–H and O–H groups in total. The van der Waals surface area contributed by atoms with Crippen LogP contribution in [0, 0.1) is 11.3 Å². The van der Waals surface area contributed by atoms with E-state index in [1.165, 1.54) is 0 Å². The number of benzene rings is 1. The van der Waals surface area contributed by atoms with Crippen LogP contribution in [0.1, 0.15) is 12.5 Å². The maximum atomic E-state index is 9.11. The van der Waals surface area contributed by atoms with Gasteiger partial charge in [-0.25, -0.2) is 0 Å². The Balaban J connectivity index is 1.90. The standard InChI is InChI=1S/C15H14N4O3/c1-2-20-15-10(7-16)11(17)6-14(19-15)18-9-3-4-12-13(5-9)22-8-21-12/h3-6H,2,8H2,1H3,(H3,17,18,19). The third-order valence-electron chi connectivity index (χ3n) is 3.05. The highest BCUT2D eigenvalue weighted by molar-refractivity contribution is 5.68. The van der Waals surface area contributed by atoms with Gasteiger partial charge in [0.1, 0.15) is 17.5 Å². The van der Waals surface area contributed by atoms with Crippen LogP contribution in [-0.4, -0.2) is 18.4 Å². The highest BCUT2D eigenvalue weighted by Crippen LogP contribution is 2.35. The Labute approximate surface area is 127 Å². The molecule has 22 heavy (non-hydrogen) atoms. The van der Waals surface area contributed by atoms with E-state index in [4.69, 9.17) is 25.2 Å². The monoisotopic (exact) mass is 298 g/mol. The summed E-state index contributed by atoms with van der Waals surface area (Å²) >= 11 is 0. The summed E-state index contributed by atoms with van der Waals surface area (Å²) in [5.74, 6) is 2.07. The summed E-state index contributed by atoms with van der Waals surface area (Å²) in [5.41, 5.74) is 7.19. The average Bonchev–Trinajstić information content (AvgIpc) is 2.95. The summed E-state index contributed by atoms with van der Waals surface area (Å²) < 4.78 is 15.9. The van der Waals surface area contributed by atoms with Crippen molar-refractivity contribution in [3.63, 3.8) is 0 Å². The molecular weight excluding hydrogens is 284 g/mol. The minimum Gasteiger partial charge on any atom is -0.477 e. The zero-order chi connectivity index (χ0) is 15.5. The Morgan fingerprint density at radius 3 is 2.95 bits per heavy atom. The third kappa shape index (κ3) is 2.54. The van der Waals surface area contributed by atoms with E-state index in [1.807, 2.05) is 19.1 Å². The first-order valence-corrected chi connectivity index (χ1v) is 6.71. The molecule has 1 aromatic heterocycles. The van der Waals surface area contributed by atoms with Crippen LogP contribution in [-0.2, 0) is 0 Å². The number of nitrogens with two attached hydrogens (primary N) is 1. The lowest BCUT2D eigenvalue weighted by atomic mass is 10.2. The van der Waals surface area contributed by atoms with Crippen LogP contribution in [0.3, 0.4) is 0 Å². The molecule has 0 fully saturated rings. The van der Waals surface area contributed by atoms with Crippen molar-refractivity contribution in [2.24, 2.45) is 0 Å². The minimum absolute atomic E-state index is 0.216. The number of pyridine rings is 1. The van der Waals surface area contributed by atoms with E-state index in [9.17, 15) is 0 Å². The average molecular weight is 298 g/mol. The maximum absolute atomic E-state index is 9.11. The molecule has 0 radical (unpaired) electrons.